The third kappa shape index (κ3) is 2.18. The number of hydrogen-bond acceptors (Lipinski definition) is 3. The average molecular weight is 433 g/mol. The number of carbonyl (C=O) groups is 2. The topological polar surface area (TPSA) is 51.0 Å². The second-order valence-corrected chi connectivity index (χ2v) is 8.49. The standard InChI is InChI=1S/C18H13Cl2F3N2O3/c1-16-10-11(17(2,28-16)13(20)12(16)19)15(27)25(14(10)26)7-4-5-9(24-3)8(6-7)18(21,22)23/h4-6,10-13H,1-2H3/t10-,11+,12-,13-,16?,17?/m0/s1. The van der Waals surface area contributed by atoms with Crippen molar-refractivity contribution in [3.8, 4) is 0 Å². The highest BCUT2D eigenvalue weighted by Gasteiger charge is 2.78. The Bertz CT molecular complexity index is 924. The minimum atomic E-state index is -4.81. The Balaban J connectivity index is 1.82. The summed E-state index contributed by atoms with van der Waals surface area (Å²) in [6.07, 6.45) is -4.81. The molecule has 3 fully saturated rings. The van der Waals surface area contributed by atoms with Gasteiger partial charge < -0.3 is 4.74 Å². The van der Waals surface area contributed by atoms with Crippen molar-refractivity contribution in [1.29, 1.82) is 0 Å². The van der Waals surface area contributed by atoms with Gasteiger partial charge >= 0.3 is 6.18 Å². The van der Waals surface area contributed by atoms with Gasteiger partial charge in [0, 0.05) is 5.69 Å². The maximum atomic E-state index is 13.3. The van der Waals surface area contributed by atoms with Gasteiger partial charge in [-0.05, 0) is 26.0 Å². The maximum Gasteiger partial charge on any atom is 0.407 e. The minimum absolute atomic E-state index is 0.243. The number of anilines is 1. The molecule has 1 aromatic carbocycles. The van der Waals surface area contributed by atoms with Gasteiger partial charge in [0.2, 0.25) is 11.8 Å². The third-order valence-corrected chi connectivity index (χ3v) is 7.50. The van der Waals surface area contributed by atoms with E-state index in [9.17, 15) is 22.8 Å². The fourth-order valence-electron chi connectivity index (χ4n) is 4.70. The fourth-order valence-corrected chi connectivity index (χ4v) is 5.56. The first-order valence-electron chi connectivity index (χ1n) is 8.32. The van der Waals surface area contributed by atoms with E-state index in [0.29, 0.717) is 6.07 Å². The second-order valence-electron chi connectivity index (χ2n) is 7.55. The third-order valence-electron chi connectivity index (χ3n) is 6.00. The second kappa shape index (κ2) is 5.62. The van der Waals surface area contributed by atoms with Crippen LogP contribution >= 0.6 is 23.2 Å². The Morgan fingerprint density at radius 1 is 1.11 bits per heavy atom. The van der Waals surface area contributed by atoms with Gasteiger partial charge in [-0.2, -0.15) is 13.2 Å². The molecule has 0 aliphatic carbocycles. The predicted molar refractivity (Wildman–Crippen MR) is 94.4 cm³/mol. The number of amides is 2. The zero-order valence-electron chi connectivity index (χ0n) is 14.6. The Morgan fingerprint density at radius 3 is 2.04 bits per heavy atom. The molecule has 3 aliphatic rings. The van der Waals surface area contributed by atoms with Crippen LogP contribution in [0.1, 0.15) is 19.4 Å². The average Bonchev–Trinajstić information content (AvgIpc) is 3.10. The van der Waals surface area contributed by atoms with Crippen LogP contribution in [0.3, 0.4) is 0 Å². The summed E-state index contributed by atoms with van der Waals surface area (Å²) < 4.78 is 45.8. The zero-order valence-corrected chi connectivity index (χ0v) is 16.1. The summed E-state index contributed by atoms with van der Waals surface area (Å²) >= 11 is 12.7. The molecule has 2 amide bonds. The lowest BCUT2D eigenvalue weighted by Crippen LogP contribution is -2.53. The number of alkyl halides is 5. The Hall–Kier alpha value is -1.82. The van der Waals surface area contributed by atoms with Crippen LogP contribution in [-0.2, 0) is 20.5 Å². The lowest BCUT2D eigenvalue weighted by Gasteiger charge is -2.35. The normalized spacial score (nSPS) is 39.4. The van der Waals surface area contributed by atoms with Gasteiger partial charge in [0.1, 0.15) is 0 Å². The number of rotatable bonds is 1. The molecule has 0 N–H and O–H groups in total. The van der Waals surface area contributed by atoms with Crippen molar-refractivity contribution in [1.82, 2.24) is 0 Å². The van der Waals surface area contributed by atoms with E-state index in [4.69, 9.17) is 34.5 Å². The number of benzene rings is 1. The number of carbonyl (C=O) groups excluding carboxylic acids is 2. The molecule has 10 heteroatoms. The Morgan fingerprint density at radius 2 is 1.61 bits per heavy atom. The summed E-state index contributed by atoms with van der Waals surface area (Å²) in [4.78, 5) is 29.8. The van der Waals surface area contributed by atoms with Crippen LogP contribution in [0, 0.1) is 18.4 Å². The highest BCUT2D eigenvalue weighted by Crippen LogP contribution is 2.63. The molecular formula is C18H13Cl2F3N2O3. The smallest absolute Gasteiger partial charge is 0.364 e. The number of hydrogen-bond donors (Lipinski definition) is 0. The van der Waals surface area contributed by atoms with E-state index in [0.717, 1.165) is 17.0 Å². The molecule has 5 nitrogen and oxygen atoms in total. The molecule has 4 rings (SSSR count). The van der Waals surface area contributed by atoms with Gasteiger partial charge in [0.15, 0.2) is 5.69 Å². The Kier molecular flexibility index (Phi) is 3.91. The highest BCUT2D eigenvalue weighted by atomic mass is 35.5. The maximum absolute atomic E-state index is 13.3. The van der Waals surface area contributed by atoms with E-state index in [1.165, 1.54) is 0 Å². The van der Waals surface area contributed by atoms with Crippen LogP contribution in [0.5, 0.6) is 0 Å². The van der Waals surface area contributed by atoms with Gasteiger partial charge in [-0.1, -0.05) is 6.07 Å². The quantitative estimate of drug-likeness (QED) is 0.380. The van der Waals surface area contributed by atoms with Gasteiger partial charge in [0.25, 0.3) is 0 Å². The lowest BCUT2D eigenvalue weighted by molar-refractivity contribution is -0.137. The van der Waals surface area contributed by atoms with Crippen LogP contribution in [-0.4, -0.2) is 33.8 Å². The highest BCUT2D eigenvalue weighted by molar-refractivity contribution is 6.33. The first-order chi connectivity index (χ1) is 12.9. The molecule has 0 radical (unpaired) electrons. The number of nitrogens with zero attached hydrogens (tertiary/aromatic N) is 2. The molecule has 2 unspecified atom stereocenters. The molecule has 3 aliphatic heterocycles. The molecule has 0 saturated carbocycles. The predicted octanol–water partition coefficient (Wildman–Crippen LogP) is 4.14. The molecule has 6 atom stereocenters. The largest absolute Gasteiger partial charge is 0.407 e. The SMILES string of the molecule is [C-]#[N+]c1ccc(N2C(=O)[C@@H]3[C@H](C2=O)C2(C)OC3(C)[C@@H](Cl)[C@@H]2Cl)cc1C(F)(F)F. The van der Waals surface area contributed by atoms with Crippen LogP contribution in [0.2, 0.25) is 0 Å². The van der Waals surface area contributed by atoms with Gasteiger partial charge in [-0.3, -0.25) is 9.59 Å². The van der Waals surface area contributed by atoms with Crippen LogP contribution in [0.15, 0.2) is 18.2 Å². The lowest BCUT2D eigenvalue weighted by atomic mass is 9.68. The molecule has 2 bridgehead atoms. The zero-order chi connectivity index (χ0) is 20.8. The van der Waals surface area contributed by atoms with E-state index in [1.54, 1.807) is 13.8 Å². The van der Waals surface area contributed by atoms with Crippen molar-refractivity contribution < 1.29 is 27.5 Å². The molecule has 3 heterocycles. The van der Waals surface area contributed by atoms with E-state index >= 15 is 0 Å². The molecular weight excluding hydrogens is 420 g/mol. The van der Waals surface area contributed by atoms with Crippen LogP contribution < -0.4 is 4.90 Å². The van der Waals surface area contributed by atoms with Gasteiger partial charge in [0.05, 0.1) is 45.9 Å². The monoisotopic (exact) mass is 432 g/mol. The summed E-state index contributed by atoms with van der Waals surface area (Å²) in [7, 11) is 0. The van der Waals surface area contributed by atoms with Crippen molar-refractivity contribution >= 4 is 46.4 Å². The van der Waals surface area contributed by atoms with Crippen molar-refractivity contribution in [3.63, 3.8) is 0 Å². The summed E-state index contributed by atoms with van der Waals surface area (Å²) in [5, 5.41) is -1.49. The molecule has 148 valence electrons. The first kappa shape index (κ1) is 19.5. The molecule has 1 aromatic rings. The van der Waals surface area contributed by atoms with E-state index in [1.807, 2.05) is 0 Å². The van der Waals surface area contributed by atoms with Crippen LogP contribution in [0.25, 0.3) is 4.85 Å². The van der Waals surface area contributed by atoms with Crippen molar-refractivity contribution in [2.24, 2.45) is 11.8 Å². The number of halogens is 5. The van der Waals surface area contributed by atoms with Crippen molar-refractivity contribution in [3.05, 3.63) is 35.2 Å². The number of fused-ring (bicyclic) bond motifs is 5. The fraction of sp³-hybridized carbons (Fsp3) is 0.500. The number of imide groups is 1. The number of ether oxygens (including phenoxy) is 1. The summed E-state index contributed by atoms with van der Waals surface area (Å²) in [6, 6.07) is 2.75. The van der Waals surface area contributed by atoms with Crippen molar-refractivity contribution in [2.45, 2.75) is 42.0 Å². The molecule has 0 spiro atoms. The van der Waals surface area contributed by atoms with Crippen LogP contribution in [0.4, 0.5) is 24.5 Å². The molecule has 3 saturated heterocycles. The Labute approximate surface area is 168 Å². The van der Waals surface area contributed by atoms with E-state index < -0.39 is 63.0 Å². The molecule has 0 aromatic heterocycles. The molecule has 28 heavy (non-hydrogen) atoms. The van der Waals surface area contributed by atoms with E-state index in [2.05, 4.69) is 4.85 Å². The van der Waals surface area contributed by atoms with Crippen molar-refractivity contribution in [2.75, 3.05) is 4.90 Å². The van der Waals surface area contributed by atoms with Gasteiger partial charge in [-0.15, -0.1) is 23.2 Å². The van der Waals surface area contributed by atoms with Gasteiger partial charge in [-0.25, -0.2) is 9.74 Å². The van der Waals surface area contributed by atoms with E-state index in [-0.39, 0.29) is 5.69 Å². The minimum Gasteiger partial charge on any atom is -0.364 e. The summed E-state index contributed by atoms with van der Waals surface area (Å²) in [6.45, 7) is 10.1. The summed E-state index contributed by atoms with van der Waals surface area (Å²) in [5.74, 6) is -3.26. The summed E-state index contributed by atoms with van der Waals surface area (Å²) in [5.41, 5.74) is -4.48. The first-order valence-corrected chi connectivity index (χ1v) is 9.20.